The lowest BCUT2D eigenvalue weighted by atomic mass is 10.0. The van der Waals surface area contributed by atoms with Crippen LogP contribution in [0.5, 0.6) is 0 Å². The quantitative estimate of drug-likeness (QED) is 0.648. The van der Waals surface area contributed by atoms with E-state index in [0.717, 1.165) is 18.5 Å². The summed E-state index contributed by atoms with van der Waals surface area (Å²) in [4.78, 5) is 0. The van der Waals surface area contributed by atoms with E-state index >= 15 is 0 Å². The van der Waals surface area contributed by atoms with E-state index in [1.165, 1.54) is 22.2 Å². The van der Waals surface area contributed by atoms with Gasteiger partial charge < -0.3 is 10.3 Å². The van der Waals surface area contributed by atoms with Gasteiger partial charge in [0.1, 0.15) is 0 Å². The molecule has 0 unspecified atom stereocenters. The van der Waals surface area contributed by atoms with Gasteiger partial charge in [-0.3, -0.25) is 0 Å². The average molecular weight is 198 g/mol. The second kappa shape index (κ2) is 2.89. The average Bonchev–Trinajstić information content (AvgIpc) is 2.54. The van der Waals surface area contributed by atoms with Crippen LogP contribution in [0.3, 0.4) is 0 Å². The SMILES string of the molecule is Cn1c2c(c3cc(N)ccc31)C=CCC2. The largest absolute Gasteiger partial charge is 0.399 e. The van der Waals surface area contributed by atoms with Crippen LogP contribution < -0.4 is 5.73 Å². The van der Waals surface area contributed by atoms with Gasteiger partial charge in [-0.2, -0.15) is 0 Å². The summed E-state index contributed by atoms with van der Waals surface area (Å²) in [6.07, 6.45) is 6.75. The molecule has 0 atom stereocenters. The Morgan fingerprint density at radius 2 is 2.20 bits per heavy atom. The lowest BCUT2D eigenvalue weighted by Gasteiger charge is -2.07. The molecular weight excluding hydrogens is 184 g/mol. The number of aromatic nitrogens is 1. The Morgan fingerprint density at radius 1 is 1.33 bits per heavy atom. The third-order valence-electron chi connectivity index (χ3n) is 3.22. The van der Waals surface area contributed by atoms with Gasteiger partial charge in [0.25, 0.3) is 0 Å². The molecule has 0 bridgehead atoms. The highest BCUT2D eigenvalue weighted by Crippen LogP contribution is 2.31. The van der Waals surface area contributed by atoms with Gasteiger partial charge in [-0.1, -0.05) is 12.2 Å². The molecule has 3 rings (SSSR count). The van der Waals surface area contributed by atoms with Crippen molar-refractivity contribution >= 4 is 22.7 Å². The maximum absolute atomic E-state index is 5.83. The van der Waals surface area contributed by atoms with Gasteiger partial charge in [0.05, 0.1) is 0 Å². The molecule has 0 radical (unpaired) electrons. The van der Waals surface area contributed by atoms with Crippen LogP contribution in [0.4, 0.5) is 5.69 Å². The van der Waals surface area contributed by atoms with Crippen LogP contribution in [0.1, 0.15) is 17.7 Å². The number of hydrogen-bond acceptors (Lipinski definition) is 1. The van der Waals surface area contributed by atoms with Crippen molar-refractivity contribution in [1.29, 1.82) is 0 Å². The minimum absolute atomic E-state index is 0.842. The molecule has 1 aliphatic rings. The van der Waals surface area contributed by atoms with Crippen LogP contribution in [0.15, 0.2) is 24.3 Å². The fourth-order valence-corrected chi connectivity index (χ4v) is 2.45. The molecule has 2 nitrogen and oxygen atoms in total. The second-order valence-electron chi connectivity index (χ2n) is 4.14. The number of aryl methyl sites for hydroxylation is 1. The lowest BCUT2D eigenvalue weighted by molar-refractivity contribution is 0.824. The van der Waals surface area contributed by atoms with Crippen molar-refractivity contribution in [1.82, 2.24) is 4.57 Å². The fraction of sp³-hybridized carbons (Fsp3) is 0.231. The molecule has 0 aliphatic heterocycles. The van der Waals surface area contributed by atoms with Crippen LogP contribution in [0, 0.1) is 0 Å². The summed E-state index contributed by atoms with van der Waals surface area (Å²) >= 11 is 0. The predicted octanol–water partition coefficient (Wildman–Crippen LogP) is 2.72. The molecular formula is C13H14N2. The zero-order chi connectivity index (χ0) is 10.4. The summed E-state index contributed by atoms with van der Waals surface area (Å²) in [5.74, 6) is 0. The normalized spacial score (nSPS) is 14.5. The monoisotopic (exact) mass is 198 g/mol. The Hall–Kier alpha value is -1.70. The summed E-state index contributed by atoms with van der Waals surface area (Å²) in [5, 5.41) is 1.28. The summed E-state index contributed by atoms with van der Waals surface area (Å²) in [5.41, 5.74) is 10.7. The summed E-state index contributed by atoms with van der Waals surface area (Å²) < 4.78 is 2.29. The third kappa shape index (κ3) is 1.11. The number of benzene rings is 1. The number of fused-ring (bicyclic) bond motifs is 3. The molecule has 0 saturated carbocycles. The Kier molecular flexibility index (Phi) is 1.66. The van der Waals surface area contributed by atoms with Crippen molar-refractivity contribution in [2.24, 2.45) is 7.05 Å². The molecule has 0 fully saturated rings. The number of anilines is 1. The molecule has 0 amide bonds. The first kappa shape index (κ1) is 8.60. The van der Waals surface area contributed by atoms with E-state index in [2.05, 4.69) is 35.9 Å². The Labute approximate surface area is 89.0 Å². The van der Waals surface area contributed by atoms with Crippen molar-refractivity contribution in [3.63, 3.8) is 0 Å². The molecule has 1 aromatic carbocycles. The van der Waals surface area contributed by atoms with Crippen molar-refractivity contribution in [3.05, 3.63) is 35.5 Å². The molecule has 15 heavy (non-hydrogen) atoms. The van der Waals surface area contributed by atoms with E-state index in [-0.39, 0.29) is 0 Å². The van der Waals surface area contributed by atoms with Crippen molar-refractivity contribution in [2.45, 2.75) is 12.8 Å². The van der Waals surface area contributed by atoms with Crippen molar-refractivity contribution in [3.8, 4) is 0 Å². The zero-order valence-corrected chi connectivity index (χ0v) is 8.83. The highest BCUT2D eigenvalue weighted by Gasteiger charge is 2.14. The number of nitrogen functional groups attached to an aromatic ring is 1. The van der Waals surface area contributed by atoms with Gasteiger partial charge in [0.2, 0.25) is 0 Å². The van der Waals surface area contributed by atoms with Crippen LogP contribution in [-0.4, -0.2) is 4.57 Å². The minimum atomic E-state index is 0.842. The summed E-state index contributed by atoms with van der Waals surface area (Å²) in [6.45, 7) is 0. The van der Waals surface area contributed by atoms with Gasteiger partial charge in [0, 0.05) is 34.9 Å². The second-order valence-corrected chi connectivity index (χ2v) is 4.14. The van der Waals surface area contributed by atoms with E-state index in [4.69, 9.17) is 5.73 Å². The molecule has 2 N–H and O–H groups in total. The van der Waals surface area contributed by atoms with Gasteiger partial charge in [-0.25, -0.2) is 0 Å². The van der Waals surface area contributed by atoms with Gasteiger partial charge in [-0.15, -0.1) is 0 Å². The molecule has 1 aliphatic carbocycles. The number of nitrogens with zero attached hydrogens (tertiary/aromatic N) is 1. The molecule has 1 heterocycles. The molecule has 0 spiro atoms. The lowest BCUT2D eigenvalue weighted by Crippen LogP contribution is -1.99. The summed E-state index contributed by atoms with van der Waals surface area (Å²) in [6, 6.07) is 6.15. The third-order valence-corrected chi connectivity index (χ3v) is 3.22. The minimum Gasteiger partial charge on any atom is -0.399 e. The Morgan fingerprint density at radius 3 is 3.07 bits per heavy atom. The predicted molar refractivity (Wildman–Crippen MR) is 64.7 cm³/mol. The number of hydrogen-bond donors (Lipinski definition) is 1. The molecule has 0 saturated heterocycles. The van der Waals surface area contributed by atoms with Crippen molar-refractivity contribution < 1.29 is 0 Å². The number of rotatable bonds is 0. The summed E-state index contributed by atoms with van der Waals surface area (Å²) in [7, 11) is 2.14. The van der Waals surface area contributed by atoms with E-state index in [9.17, 15) is 0 Å². The van der Waals surface area contributed by atoms with Crippen LogP contribution in [0.2, 0.25) is 0 Å². The van der Waals surface area contributed by atoms with Crippen LogP contribution in [0.25, 0.3) is 17.0 Å². The smallest absolute Gasteiger partial charge is 0.0487 e. The fourth-order valence-electron chi connectivity index (χ4n) is 2.45. The standard InChI is InChI=1S/C13H14N2/c1-15-12-5-3-2-4-10(12)11-8-9(14)6-7-13(11)15/h2,4,6-8H,3,5,14H2,1H3. The molecule has 1 aromatic heterocycles. The Bertz CT molecular complexity index is 561. The molecule has 2 aromatic rings. The first-order valence-corrected chi connectivity index (χ1v) is 5.30. The Balaban J connectivity index is 2.46. The van der Waals surface area contributed by atoms with E-state index in [1.54, 1.807) is 0 Å². The topological polar surface area (TPSA) is 30.9 Å². The highest BCUT2D eigenvalue weighted by atomic mass is 14.9. The van der Waals surface area contributed by atoms with Gasteiger partial charge in [-0.05, 0) is 31.0 Å². The van der Waals surface area contributed by atoms with Crippen molar-refractivity contribution in [2.75, 3.05) is 5.73 Å². The molecule has 76 valence electrons. The van der Waals surface area contributed by atoms with Gasteiger partial charge in [0.15, 0.2) is 0 Å². The molecule has 2 heteroatoms. The van der Waals surface area contributed by atoms with E-state index < -0.39 is 0 Å². The van der Waals surface area contributed by atoms with E-state index in [1.807, 2.05) is 6.07 Å². The number of nitrogens with two attached hydrogens (primary N) is 1. The highest BCUT2D eigenvalue weighted by molar-refractivity contribution is 5.93. The van der Waals surface area contributed by atoms with E-state index in [0.29, 0.717) is 0 Å². The first-order chi connectivity index (χ1) is 7.27. The first-order valence-electron chi connectivity index (χ1n) is 5.30. The van der Waals surface area contributed by atoms with Gasteiger partial charge >= 0.3 is 0 Å². The maximum atomic E-state index is 5.83. The van der Waals surface area contributed by atoms with Crippen LogP contribution >= 0.6 is 0 Å². The van der Waals surface area contributed by atoms with Crippen LogP contribution in [-0.2, 0) is 13.5 Å². The zero-order valence-electron chi connectivity index (χ0n) is 8.83. The maximum Gasteiger partial charge on any atom is 0.0487 e. The number of allylic oxidation sites excluding steroid dienone is 1.